The van der Waals surface area contributed by atoms with E-state index in [1.807, 2.05) is 0 Å². The molecule has 4 aromatic carbocycles. The maximum absolute atomic E-state index is 2.42. The average Bonchev–Trinajstić information content (AvgIpc) is 2.63. The molecule has 0 bridgehead atoms. The standard InChI is InChI=1S/C24H24/c1-3-9-19-21-13-7-8-14-22(21)20(10-4-2)24-16-18-12-6-5-11-17(18)15-23(19)24/h5-8,11-16H,3-4,9-10H2,1-2H3. The van der Waals surface area contributed by atoms with Crippen molar-refractivity contribution in [2.75, 3.05) is 0 Å². The first-order chi connectivity index (χ1) is 11.8. The number of aryl methyl sites for hydroxylation is 2. The van der Waals surface area contributed by atoms with Gasteiger partial charge in [0.1, 0.15) is 0 Å². The molecule has 24 heavy (non-hydrogen) atoms. The van der Waals surface area contributed by atoms with Crippen molar-refractivity contribution in [1.82, 2.24) is 0 Å². The van der Waals surface area contributed by atoms with Crippen molar-refractivity contribution in [3.63, 3.8) is 0 Å². The van der Waals surface area contributed by atoms with Crippen LogP contribution in [0.2, 0.25) is 0 Å². The molecule has 0 saturated heterocycles. The van der Waals surface area contributed by atoms with Crippen molar-refractivity contribution >= 4 is 32.3 Å². The molecule has 0 saturated carbocycles. The van der Waals surface area contributed by atoms with Crippen LogP contribution in [0.4, 0.5) is 0 Å². The summed E-state index contributed by atoms with van der Waals surface area (Å²) >= 11 is 0. The van der Waals surface area contributed by atoms with Gasteiger partial charge in [-0.3, -0.25) is 0 Å². The van der Waals surface area contributed by atoms with Gasteiger partial charge in [-0.25, -0.2) is 0 Å². The van der Waals surface area contributed by atoms with E-state index >= 15 is 0 Å². The highest BCUT2D eigenvalue weighted by atomic mass is 14.2. The summed E-state index contributed by atoms with van der Waals surface area (Å²) in [5, 5.41) is 8.51. The quantitative estimate of drug-likeness (QED) is 0.354. The molecule has 0 aliphatic carbocycles. The third-order valence-electron chi connectivity index (χ3n) is 5.11. The predicted octanol–water partition coefficient (Wildman–Crippen LogP) is 7.05. The van der Waals surface area contributed by atoms with E-state index in [1.54, 1.807) is 0 Å². The van der Waals surface area contributed by atoms with Crippen LogP contribution in [-0.2, 0) is 12.8 Å². The van der Waals surface area contributed by atoms with Crippen LogP contribution in [0, 0.1) is 0 Å². The second kappa shape index (κ2) is 6.28. The van der Waals surface area contributed by atoms with Gasteiger partial charge in [0.05, 0.1) is 0 Å². The van der Waals surface area contributed by atoms with Gasteiger partial charge >= 0.3 is 0 Å². The molecule has 0 heteroatoms. The average molecular weight is 312 g/mol. The molecule has 0 N–H and O–H groups in total. The highest BCUT2D eigenvalue weighted by molar-refractivity contribution is 6.10. The van der Waals surface area contributed by atoms with E-state index in [-0.39, 0.29) is 0 Å². The van der Waals surface area contributed by atoms with Gasteiger partial charge in [0.2, 0.25) is 0 Å². The summed E-state index contributed by atoms with van der Waals surface area (Å²) in [5.41, 5.74) is 3.04. The summed E-state index contributed by atoms with van der Waals surface area (Å²) in [4.78, 5) is 0. The van der Waals surface area contributed by atoms with Crippen LogP contribution in [-0.4, -0.2) is 0 Å². The number of fused-ring (bicyclic) bond motifs is 3. The first-order valence-corrected chi connectivity index (χ1v) is 9.18. The molecule has 0 aliphatic heterocycles. The van der Waals surface area contributed by atoms with Crippen molar-refractivity contribution in [2.45, 2.75) is 39.5 Å². The molecule has 0 fully saturated rings. The number of hydrogen-bond acceptors (Lipinski definition) is 0. The zero-order chi connectivity index (χ0) is 16.5. The first-order valence-electron chi connectivity index (χ1n) is 9.18. The molecule has 4 aromatic rings. The van der Waals surface area contributed by atoms with E-state index in [0.717, 1.165) is 12.8 Å². The first kappa shape index (κ1) is 15.2. The lowest BCUT2D eigenvalue weighted by Crippen LogP contribution is -1.96. The summed E-state index contributed by atoms with van der Waals surface area (Å²) in [7, 11) is 0. The molecule has 0 amide bonds. The van der Waals surface area contributed by atoms with E-state index in [9.17, 15) is 0 Å². The van der Waals surface area contributed by atoms with Crippen molar-refractivity contribution in [3.8, 4) is 0 Å². The third kappa shape index (κ3) is 2.38. The highest BCUT2D eigenvalue weighted by Crippen LogP contribution is 2.36. The fraction of sp³-hybridized carbons (Fsp3) is 0.250. The second-order valence-corrected chi connectivity index (χ2v) is 6.75. The Labute approximate surface area is 144 Å². The van der Waals surface area contributed by atoms with Crippen LogP contribution in [0.15, 0.2) is 60.7 Å². The Hall–Kier alpha value is -2.34. The van der Waals surface area contributed by atoms with E-state index in [1.165, 1.54) is 56.3 Å². The molecule has 0 radical (unpaired) electrons. The van der Waals surface area contributed by atoms with Crippen LogP contribution in [0.3, 0.4) is 0 Å². The van der Waals surface area contributed by atoms with Crippen molar-refractivity contribution in [2.24, 2.45) is 0 Å². The summed E-state index contributed by atoms with van der Waals surface area (Å²) in [6.07, 6.45) is 4.64. The summed E-state index contributed by atoms with van der Waals surface area (Å²) in [5.74, 6) is 0. The number of rotatable bonds is 4. The minimum Gasteiger partial charge on any atom is -0.0651 e. The lowest BCUT2D eigenvalue weighted by Gasteiger charge is -2.17. The minimum absolute atomic E-state index is 1.14. The Balaban J connectivity index is 2.22. The molecule has 4 rings (SSSR count). The van der Waals surface area contributed by atoms with Crippen molar-refractivity contribution in [3.05, 3.63) is 71.8 Å². The molecule has 0 unspecified atom stereocenters. The highest BCUT2D eigenvalue weighted by Gasteiger charge is 2.13. The van der Waals surface area contributed by atoms with Gasteiger partial charge in [-0.15, -0.1) is 0 Å². The fourth-order valence-electron chi connectivity index (χ4n) is 4.08. The van der Waals surface area contributed by atoms with E-state index in [0.29, 0.717) is 0 Å². The van der Waals surface area contributed by atoms with Gasteiger partial charge in [0, 0.05) is 0 Å². The van der Waals surface area contributed by atoms with Gasteiger partial charge in [-0.2, -0.15) is 0 Å². The SMILES string of the molecule is CCCc1c2ccccc2c(CCC)c2cc3ccccc3cc12. The van der Waals surface area contributed by atoms with Gasteiger partial charge in [-0.05, 0) is 68.4 Å². The van der Waals surface area contributed by atoms with Gasteiger partial charge in [0.25, 0.3) is 0 Å². The lowest BCUT2D eigenvalue weighted by molar-refractivity contribution is 0.927. The Morgan fingerprint density at radius 3 is 1.38 bits per heavy atom. The van der Waals surface area contributed by atoms with Gasteiger partial charge in [-0.1, -0.05) is 75.2 Å². The monoisotopic (exact) mass is 312 g/mol. The smallest absolute Gasteiger partial charge is 0.0136 e. The van der Waals surface area contributed by atoms with E-state index in [2.05, 4.69) is 74.5 Å². The predicted molar refractivity (Wildman–Crippen MR) is 107 cm³/mol. The summed E-state index contributed by atoms with van der Waals surface area (Å²) < 4.78 is 0. The molecule has 120 valence electrons. The maximum Gasteiger partial charge on any atom is -0.0136 e. The molecular weight excluding hydrogens is 288 g/mol. The molecule has 0 atom stereocenters. The van der Waals surface area contributed by atoms with Crippen LogP contribution in [0.1, 0.15) is 37.8 Å². The summed E-state index contributed by atoms with van der Waals surface area (Å²) in [6.45, 7) is 4.56. The minimum atomic E-state index is 1.14. The Morgan fingerprint density at radius 1 is 0.542 bits per heavy atom. The number of benzene rings is 4. The zero-order valence-electron chi connectivity index (χ0n) is 14.6. The van der Waals surface area contributed by atoms with Crippen LogP contribution in [0.5, 0.6) is 0 Å². The molecule has 0 heterocycles. The third-order valence-corrected chi connectivity index (χ3v) is 5.11. The van der Waals surface area contributed by atoms with Gasteiger partial charge < -0.3 is 0 Å². The lowest BCUT2D eigenvalue weighted by atomic mass is 9.87. The van der Waals surface area contributed by atoms with Crippen LogP contribution < -0.4 is 0 Å². The summed E-state index contributed by atoms with van der Waals surface area (Å²) in [6, 6.07) is 22.6. The second-order valence-electron chi connectivity index (χ2n) is 6.75. The van der Waals surface area contributed by atoms with Crippen molar-refractivity contribution < 1.29 is 0 Å². The normalized spacial score (nSPS) is 11.6. The fourth-order valence-corrected chi connectivity index (χ4v) is 4.08. The molecule has 0 nitrogen and oxygen atoms in total. The zero-order valence-corrected chi connectivity index (χ0v) is 14.6. The molecule has 0 aromatic heterocycles. The van der Waals surface area contributed by atoms with Crippen molar-refractivity contribution in [1.29, 1.82) is 0 Å². The molecule has 0 aliphatic rings. The van der Waals surface area contributed by atoms with Crippen LogP contribution in [0.25, 0.3) is 32.3 Å². The molecule has 0 spiro atoms. The van der Waals surface area contributed by atoms with Gasteiger partial charge in [0.15, 0.2) is 0 Å². The maximum atomic E-state index is 2.42. The Morgan fingerprint density at radius 2 is 0.958 bits per heavy atom. The Bertz CT molecular complexity index is 941. The Kier molecular flexibility index (Phi) is 3.98. The van der Waals surface area contributed by atoms with E-state index < -0.39 is 0 Å². The molecular formula is C24H24. The number of hydrogen-bond donors (Lipinski definition) is 0. The van der Waals surface area contributed by atoms with E-state index in [4.69, 9.17) is 0 Å². The largest absolute Gasteiger partial charge is 0.0651 e. The van der Waals surface area contributed by atoms with Crippen LogP contribution >= 0.6 is 0 Å². The topological polar surface area (TPSA) is 0 Å².